The van der Waals surface area contributed by atoms with E-state index in [9.17, 15) is 9.59 Å². The molecule has 1 amide bonds. The first-order valence-corrected chi connectivity index (χ1v) is 8.05. The highest BCUT2D eigenvalue weighted by atomic mass is 32.2. The van der Waals surface area contributed by atoms with Gasteiger partial charge in [-0.2, -0.15) is 0 Å². The molecule has 2 aromatic heterocycles. The first-order chi connectivity index (χ1) is 11.1. The lowest BCUT2D eigenvalue weighted by atomic mass is 10.2. The molecule has 0 radical (unpaired) electrons. The van der Waals surface area contributed by atoms with Crippen LogP contribution in [0.5, 0.6) is 0 Å². The van der Waals surface area contributed by atoms with Gasteiger partial charge in [0.2, 0.25) is 5.91 Å². The van der Waals surface area contributed by atoms with E-state index in [1.165, 1.54) is 16.3 Å². The van der Waals surface area contributed by atoms with Crippen molar-refractivity contribution < 1.29 is 9.21 Å². The van der Waals surface area contributed by atoms with Crippen molar-refractivity contribution in [1.29, 1.82) is 0 Å². The second-order valence-electron chi connectivity index (χ2n) is 4.92. The van der Waals surface area contributed by atoms with Gasteiger partial charge >= 0.3 is 5.76 Å². The lowest BCUT2D eigenvalue weighted by Crippen LogP contribution is -2.12. The number of anilines is 1. The van der Waals surface area contributed by atoms with Crippen LogP contribution in [-0.2, 0) is 11.8 Å². The zero-order valence-electron chi connectivity index (χ0n) is 12.5. The molecule has 1 N–H and O–H groups in total. The van der Waals surface area contributed by atoms with Crippen LogP contribution in [-0.4, -0.2) is 21.2 Å². The van der Waals surface area contributed by atoms with Crippen LogP contribution < -0.4 is 11.1 Å². The average Bonchev–Trinajstić information content (AvgIpc) is 2.83. The maximum atomic E-state index is 12.0. The van der Waals surface area contributed by atoms with Crippen LogP contribution in [0.2, 0.25) is 0 Å². The Hall–Kier alpha value is -2.54. The molecule has 1 aromatic carbocycles. The van der Waals surface area contributed by atoms with E-state index in [-0.39, 0.29) is 5.91 Å². The summed E-state index contributed by atoms with van der Waals surface area (Å²) in [6.45, 7) is 0. The summed E-state index contributed by atoms with van der Waals surface area (Å²) in [5, 5.41) is 3.73. The molecule has 0 aliphatic heterocycles. The first-order valence-electron chi connectivity index (χ1n) is 7.07. The van der Waals surface area contributed by atoms with Gasteiger partial charge in [-0.3, -0.25) is 9.36 Å². The van der Waals surface area contributed by atoms with Gasteiger partial charge < -0.3 is 9.73 Å². The number of rotatable bonds is 5. The number of aromatic nitrogens is 2. The highest BCUT2D eigenvalue weighted by molar-refractivity contribution is 7.99. The molecule has 3 rings (SSSR count). The largest absolute Gasteiger partial charge is 0.419 e. The Labute approximate surface area is 136 Å². The van der Waals surface area contributed by atoms with E-state index >= 15 is 0 Å². The normalized spacial score (nSPS) is 10.8. The van der Waals surface area contributed by atoms with Gasteiger partial charge in [0.15, 0.2) is 5.58 Å². The summed E-state index contributed by atoms with van der Waals surface area (Å²) < 4.78 is 6.46. The molecular weight excluding hydrogens is 314 g/mol. The van der Waals surface area contributed by atoms with Gasteiger partial charge in [-0.1, -0.05) is 6.07 Å². The molecule has 0 saturated carbocycles. The molecule has 0 unspecified atom stereocenters. The van der Waals surface area contributed by atoms with Crippen molar-refractivity contribution in [2.24, 2.45) is 7.05 Å². The fourth-order valence-electron chi connectivity index (χ4n) is 2.11. The van der Waals surface area contributed by atoms with Gasteiger partial charge in [0.1, 0.15) is 0 Å². The Bertz CT molecular complexity index is 886. The third-order valence-electron chi connectivity index (χ3n) is 3.29. The maximum Gasteiger partial charge on any atom is 0.419 e. The van der Waals surface area contributed by atoms with Crippen LogP contribution >= 0.6 is 11.8 Å². The molecule has 7 heteroatoms. The number of carbonyl (C=O) groups is 1. The monoisotopic (exact) mass is 329 g/mol. The second kappa shape index (κ2) is 6.70. The number of nitrogens with one attached hydrogen (secondary N) is 1. The van der Waals surface area contributed by atoms with E-state index in [0.29, 0.717) is 29.0 Å². The number of oxazole rings is 1. The lowest BCUT2D eigenvalue weighted by molar-refractivity contribution is -0.115. The number of nitrogens with zero attached hydrogens (tertiary/aromatic N) is 2. The number of hydrogen-bond acceptors (Lipinski definition) is 5. The standard InChI is InChI=1S/C16H15N3O3S/c1-19-12-10-11(5-6-13(12)22-16(19)21)18-14(20)7-9-23-15-4-2-3-8-17-15/h2-6,8,10H,7,9H2,1H3,(H,18,20). The lowest BCUT2D eigenvalue weighted by Gasteiger charge is -2.05. The Balaban J connectivity index is 1.59. The number of hydrogen-bond donors (Lipinski definition) is 1. The summed E-state index contributed by atoms with van der Waals surface area (Å²) in [5.74, 6) is 0.145. The number of pyridine rings is 1. The molecule has 3 aromatic rings. The van der Waals surface area contributed by atoms with Crippen molar-refractivity contribution in [3.8, 4) is 0 Å². The Morgan fingerprint density at radius 1 is 1.35 bits per heavy atom. The molecular formula is C16H15N3O3S. The van der Waals surface area contributed by atoms with E-state index in [0.717, 1.165) is 5.03 Å². The molecule has 0 bridgehead atoms. The summed E-state index contributed by atoms with van der Waals surface area (Å²) in [4.78, 5) is 27.6. The SMILES string of the molecule is Cn1c(=O)oc2ccc(NC(=O)CCSc3ccccn3)cc21. The summed E-state index contributed by atoms with van der Waals surface area (Å²) >= 11 is 1.54. The topological polar surface area (TPSA) is 77.1 Å². The Morgan fingerprint density at radius 2 is 2.22 bits per heavy atom. The Kier molecular flexibility index (Phi) is 4.47. The van der Waals surface area contributed by atoms with Gasteiger partial charge in [-0.25, -0.2) is 9.78 Å². The summed E-state index contributed by atoms with van der Waals surface area (Å²) in [6, 6.07) is 10.8. The van der Waals surface area contributed by atoms with Crippen LogP contribution in [0.15, 0.2) is 56.8 Å². The van der Waals surface area contributed by atoms with E-state index < -0.39 is 5.76 Å². The van der Waals surface area contributed by atoms with Gasteiger partial charge in [-0.05, 0) is 30.3 Å². The smallest absolute Gasteiger partial charge is 0.408 e. The van der Waals surface area contributed by atoms with E-state index in [1.807, 2.05) is 18.2 Å². The van der Waals surface area contributed by atoms with E-state index in [2.05, 4.69) is 10.3 Å². The summed E-state index contributed by atoms with van der Waals surface area (Å²) in [7, 11) is 1.63. The quantitative estimate of drug-likeness (QED) is 0.728. The van der Waals surface area contributed by atoms with Gasteiger partial charge in [0.05, 0.1) is 10.5 Å². The molecule has 0 aliphatic rings. The van der Waals surface area contributed by atoms with Crippen LogP contribution in [0, 0.1) is 0 Å². The fraction of sp³-hybridized carbons (Fsp3) is 0.188. The molecule has 6 nitrogen and oxygen atoms in total. The number of fused-ring (bicyclic) bond motifs is 1. The first kappa shape index (κ1) is 15.4. The maximum absolute atomic E-state index is 12.0. The minimum absolute atomic E-state index is 0.0822. The van der Waals surface area contributed by atoms with E-state index in [4.69, 9.17) is 4.42 Å². The highest BCUT2D eigenvalue weighted by Crippen LogP contribution is 2.19. The van der Waals surface area contributed by atoms with Crippen LogP contribution in [0.25, 0.3) is 11.1 Å². The summed E-state index contributed by atoms with van der Waals surface area (Å²) in [6.07, 6.45) is 2.11. The van der Waals surface area contributed by atoms with Crippen molar-refractivity contribution in [1.82, 2.24) is 9.55 Å². The van der Waals surface area contributed by atoms with E-state index in [1.54, 1.807) is 31.4 Å². The average molecular weight is 329 g/mol. The van der Waals surface area contributed by atoms with Crippen LogP contribution in [0.4, 0.5) is 5.69 Å². The third kappa shape index (κ3) is 3.62. The summed E-state index contributed by atoms with van der Waals surface area (Å²) in [5.41, 5.74) is 1.79. The van der Waals surface area contributed by atoms with Crippen molar-refractivity contribution in [3.63, 3.8) is 0 Å². The molecule has 0 spiro atoms. The number of benzene rings is 1. The van der Waals surface area contributed by atoms with Crippen molar-refractivity contribution in [2.75, 3.05) is 11.1 Å². The molecule has 118 valence electrons. The van der Waals surface area contributed by atoms with Gasteiger partial charge in [-0.15, -0.1) is 11.8 Å². The fourth-order valence-corrected chi connectivity index (χ4v) is 2.92. The zero-order chi connectivity index (χ0) is 16.2. The molecule has 2 heterocycles. The predicted octanol–water partition coefficient (Wildman–Crippen LogP) is 2.65. The van der Waals surface area contributed by atoms with Crippen molar-refractivity contribution >= 4 is 34.5 Å². The third-order valence-corrected chi connectivity index (χ3v) is 4.24. The minimum Gasteiger partial charge on any atom is -0.408 e. The molecule has 23 heavy (non-hydrogen) atoms. The molecule has 0 fully saturated rings. The highest BCUT2D eigenvalue weighted by Gasteiger charge is 2.08. The number of aryl methyl sites for hydroxylation is 1. The second-order valence-corrected chi connectivity index (χ2v) is 6.04. The van der Waals surface area contributed by atoms with Crippen molar-refractivity contribution in [3.05, 3.63) is 53.1 Å². The van der Waals surface area contributed by atoms with Crippen molar-refractivity contribution in [2.45, 2.75) is 11.4 Å². The minimum atomic E-state index is -0.421. The predicted molar refractivity (Wildman–Crippen MR) is 89.7 cm³/mol. The number of amides is 1. The van der Waals surface area contributed by atoms with Crippen LogP contribution in [0.3, 0.4) is 0 Å². The Morgan fingerprint density at radius 3 is 3.00 bits per heavy atom. The number of thioether (sulfide) groups is 1. The molecule has 0 aliphatic carbocycles. The van der Waals surface area contributed by atoms with Crippen LogP contribution in [0.1, 0.15) is 6.42 Å². The zero-order valence-corrected chi connectivity index (χ0v) is 13.3. The van der Waals surface area contributed by atoms with Gasteiger partial charge in [0, 0.05) is 31.1 Å². The molecule has 0 saturated heterocycles. The molecule has 0 atom stereocenters. The number of carbonyl (C=O) groups excluding carboxylic acids is 1. The van der Waals surface area contributed by atoms with Gasteiger partial charge in [0.25, 0.3) is 0 Å².